The highest BCUT2D eigenvalue weighted by Crippen LogP contribution is 2.14. The molecule has 0 spiro atoms. The Hall–Kier alpha value is -2.74. The van der Waals surface area contributed by atoms with Crippen LogP contribution in [0.5, 0.6) is 0 Å². The summed E-state index contributed by atoms with van der Waals surface area (Å²) in [5.74, 6) is -0.955. The van der Waals surface area contributed by atoms with Crippen molar-refractivity contribution in [2.45, 2.75) is 0 Å². The fourth-order valence-electron chi connectivity index (χ4n) is 1.99. The van der Waals surface area contributed by atoms with Crippen LogP contribution in [0.15, 0.2) is 30.3 Å². The minimum absolute atomic E-state index is 0.0667. The number of non-ortho nitro benzene ring substituents is 1. The number of esters is 1. The van der Waals surface area contributed by atoms with Crippen molar-refractivity contribution in [2.24, 2.45) is 0 Å². The van der Waals surface area contributed by atoms with Crippen LogP contribution in [0.1, 0.15) is 5.56 Å². The van der Waals surface area contributed by atoms with Crippen LogP contribution >= 0.6 is 0 Å². The number of hydrogen-bond acceptors (Lipinski definition) is 6. The zero-order chi connectivity index (χ0) is 16.7. The van der Waals surface area contributed by atoms with E-state index in [2.05, 4.69) is 0 Å². The Balaban J connectivity index is 1.83. The molecule has 0 bridgehead atoms. The molecule has 0 unspecified atom stereocenters. The van der Waals surface area contributed by atoms with E-state index in [1.54, 1.807) is 11.0 Å². The minimum atomic E-state index is -0.682. The highest BCUT2D eigenvalue weighted by atomic mass is 16.6. The number of nitro benzene ring substituents is 1. The predicted molar refractivity (Wildman–Crippen MR) is 80.5 cm³/mol. The fraction of sp³-hybridized carbons (Fsp3) is 0.333. The quantitative estimate of drug-likeness (QED) is 0.347. The Morgan fingerprint density at radius 3 is 2.78 bits per heavy atom. The van der Waals surface area contributed by atoms with Gasteiger partial charge in [-0.3, -0.25) is 14.9 Å². The highest BCUT2D eigenvalue weighted by Gasteiger charge is 2.17. The van der Waals surface area contributed by atoms with Crippen molar-refractivity contribution in [1.29, 1.82) is 0 Å². The van der Waals surface area contributed by atoms with Crippen LogP contribution in [0, 0.1) is 10.1 Å². The van der Waals surface area contributed by atoms with Gasteiger partial charge in [0, 0.05) is 31.3 Å². The monoisotopic (exact) mass is 320 g/mol. The van der Waals surface area contributed by atoms with Gasteiger partial charge in [-0.25, -0.2) is 4.79 Å². The molecule has 0 N–H and O–H groups in total. The zero-order valence-electron chi connectivity index (χ0n) is 12.3. The molecule has 122 valence electrons. The summed E-state index contributed by atoms with van der Waals surface area (Å²) in [5.41, 5.74) is 0.429. The highest BCUT2D eigenvalue weighted by molar-refractivity contribution is 5.89. The van der Waals surface area contributed by atoms with E-state index in [1.165, 1.54) is 24.3 Å². The number of rotatable bonds is 5. The van der Waals surface area contributed by atoms with Gasteiger partial charge in [0.1, 0.15) is 0 Å². The summed E-state index contributed by atoms with van der Waals surface area (Å²) in [5, 5.41) is 10.7. The zero-order valence-corrected chi connectivity index (χ0v) is 12.3. The average molecular weight is 320 g/mol. The number of hydrogen-bond donors (Lipinski definition) is 0. The molecule has 1 fully saturated rings. The smallest absolute Gasteiger partial charge is 0.331 e. The number of nitro groups is 1. The van der Waals surface area contributed by atoms with Gasteiger partial charge in [-0.15, -0.1) is 0 Å². The van der Waals surface area contributed by atoms with Crippen LogP contribution < -0.4 is 0 Å². The second kappa shape index (κ2) is 8.04. The van der Waals surface area contributed by atoms with Crippen molar-refractivity contribution in [3.05, 3.63) is 46.0 Å². The molecule has 23 heavy (non-hydrogen) atoms. The second-order valence-electron chi connectivity index (χ2n) is 4.79. The Kier molecular flexibility index (Phi) is 5.81. The van der Waals surface area contributed by atoms with Crippen LogP contribution in [-0.2, 0) is 19.1 Å². The summed E-state index contributed by atoms with van der Waals surface area (Å²) in [7, 11) is 0. The normalized spacial score (nSPS) is 14.7. The van der Waals surface area contributed by atoms with Gasteiger partial charge in [0.25, 0.3) is 11.6 Å². The summed E-state index contributed by atoms with van der Waals surface area (Å²) in [6, 6.07) is 5.83. The Bertz CT molecular complexity index is 622. The maximum atomic E-state index is 11.8. The molecule has 1 aliphatic rings. The van der Waals surface area contributed by atoms with Crippen molar-refractivity contribution < 1.29 is 24.0 Å². The predicted octanol–water partition coefficient (Wildman–Crippen LogP) is 1.01. The molecule has 1 saturated heterocycles. The van der Waals surface area contributed by atoms with Crippen LogP contribution in [0.4, 0.5) is 5.69 Å². The Morgan fingerprint density at radius 1 is 1.35 bits per heavy atom. The number of carbonyl (C=O) groups is 2. The number of benzene rings is 1. The molecule has 1 aliphatic heterocycles. The largest absolute Gasteiger partial charge is 0.452 e. The van der Waals surface area contributed by atoms with Gasteiger partial charge in [0.05, 0.1) is 18.1 Å². The standard InChI is InChI=1S/C15H16N2O6/c18-14(16-6-8-22-9-7-16)11-23-15(19)5-4-12-2-1-3-13(10-12)17(20)21/h1-5,10H,6-9,11H2. The van der Waals surface area contributed by atoms with E-state index in [0.29, 0.717) is 31.9 Å². The lowest BCUT2D eigenvalue weighted by atomic mass is 10.2. The van der Waals surface area contributed by atoms with Crippen molar-refractivity contribution >= 4 is 23.6 Å². The van der Waals surface area contributed by atoms with Crippen LogP contribution in [0.3, 0.4) is 0 Å². The Morgan fingerprint density at radius 2 is 2.09 bits per heavy atom. The van der Waals surface area contributed by atoms with Gasteiger partial charge in [-0.05, 0) is 11.6 Å². The fourth-order valence-corrected chi connectivity index (χ4v) is 1.99. The van der Waals surface area contributed by atoms with Crippen LogP contribution in [0.25, 0.3) is 6.08 Å². The number of morpholine rings is 1. The lowest BCUT2D eigenvalue weighted by molar-refractivity contribution is -0.384. The minimum Gasteiger partial charge on any atom is -0.452 e. The van der Waals surface area contributed by atoms with E-state index in [1.807, 2.05) is 0 Å². The average Bonchev–Trinajstić information content (AvgIpc) is 2.58. The summed E-state index contributed by atoms with van der Waals surface area (Å²) in [4.78, 5) is 35.1. The molecular weight excluding hydrogens is 304 g/mol. The molecule has 2 rings (SSSR count). The van der Waals surface area contributed by atoms with E-state index in [9.17, 15) is 19.7 Å². The van der Waals surface area contributed by atoms with Gasteiger partial charge in [-0.1, -0.05) is 12.1 Å². The summed E-state index contributed by atoms with van der Waals surface area (Å²) in [6.45, 7) is 1.59. The number of ether oxygens (including phenoxy) is 2. The van der Waals surface area contributed by atoms with Crippen molar-refractivity contribution in [2.75, 3.05) is 32.9 Å². The third-order valence-corrected chi connectivity index (χ3v) is 3.19. The molecular formula is C15H16N2O6. The Labute approximate surface area is 132 Å². The molecule has 0 aliphatic carbocycles. The second-order valence-corrected chi connectivity index (χ2v) is 4.79. The van der Waals surface area contributed by atoms with Crippen molar-refractivity contribution in [3.8, 4) is 0 Å². The van der Waals surface area contributed by atoms with Crippen molar-refractivity contribution in [3.63, 3.8) is 0 Å². The summed E-state index contributed by atoms with van der Waals surface area (Å²) < 4.78 is 9.99. The van der Waals surface area contributed by atoms with E-state index in [-0.39, 0.29) is 18.2 Å². The molecule has 8 nitrogen and oxygen atoms in total. The molecule has 0 radical (unpaired) electrons. The molecule has 0 atom stereocenters. The molecule has 0 aromatic heterocycles. The first-order chi connectivity index (χ1) is 11.1. The lowest BCUT2D eigenvalue weighted by Crippen LogP contribution is -2.42. The molecule has 1 heterocycles. The lowest BCUT2D eigenvalue weighted by Gasteiger charge is -2.26. The SMILES string of the molecule is O=C(C=Cc1cccc([N+](=O)[O-])c1)OCC(=O)N1CCOCC1. The molecule has 1 aromatic carbocycles. The van der Waals surface area contributed by atoms with Gasteiger partial charge in [0.15, 0.2) is 6.61 Å². The van der Waals surface area contributed by atoms with E-state index in [0.717, 1.165) is 6.08 Å². The maximum absolute atomic E-state index is 11.8. The summed E-state index contributed by atoms with van der Waals surface area (Å²) >= 11 is 0. The topological polar surface area (TPSA) is 99.0 Å². The maximum Gasteiger partial charge on any atom is 0.331 e. The first kappa shape index (κ1) is 16.6. The van der Waals surface area contributed by atoms with Crippen LogP contribution in [0.2, 0.25) is 0 Å². The third-order valence-electron chi connectivity index (χ3n) is 3.19. The first-order valence-electron chi connectivity index (χ1n) is 7.01. The summed E-state index contributed by atoms with van der Waals surface area (Å²) in [6.07, 6.45) is 2.53. The third kappa shape index (κ3) is 5.19. The van der Waals surface area contributed by atoms with Gasteiger partial charge < -0.3 is 14.4 Å². The van der Waals surface area contributed by atoms with Gasteiger partial charge >= 0.3 is 5.97 Å². The number of nitrogens with zero attached hydrogens (tertiary/aromatic N) is 2. The molecule has 1 amide bonds. The molecule has 1 aromatic rings. The van der Waals surface area contributed by atoms with Crippen LogP contribution in [-0.4, -0.2) is 54.6 Å². The first-order valence-corrected chi connectivity index (χ1v) is 7.01. The van der Waals surface area contributed by atoms with Crippen molar-refractivity contribution in [1.82, 2.24) is 4.90 Å². The van der Waals surface area contributed by atoms with Gasteiger partial charge in [0.2, 0.25) is 0 Å². The van der Waals surface area contributed by atoms with E-state index >= 15 is 0 Å². The molecule has 0 saturated carbocycles. The van der Waals surface area contributed by atoms with Gasteiger partial charge in [-0.2, -0.15) is 0 Å². The van der Waals surface area contributed by atoms with E-state index < -0.39 is 10.9 Å². The van der Waals surface area contributed by atoms with E-state index in [4.69, 9.17) is 9.47 Å². The number of carbonyl (C=O) groups excluding carboxylic acids is 2. The number of amides is 1. The molecule has 8 heteroatoms.